The first-order chi connectivity index (χ1) is 16.8. The molecule has 2 heterocycles. The van der Waals surface area contributed by atoms with Crippen LogP contribution in [0.5, 0.6) is 5.88 Å². The van der Waals surface area contributed by atoms with E-state index in [-0.39, 0.29) is 18.1 Å². The van der Waals surface area contributed by atoms with Gasteiger partial charge in [0.05, 0.1) is 18.2 Å². The van der Waals surface area contributed by atoms with Gasteiger partial charge in [0.25, 0.3) is 11.8 Å². The topological polar surface area (TPSA) is 78.3 Å². The van der Waals surface area contributed by atoms with Gasteiger partial charge in [0.1, 0.15) is 12.3 Å². The Balaban J connectivity index is 1.84. The fraction of sp³-hybridized carbons (Fsp3) is 0.375. The number of nitrogens with zero attached hydrogens (tertiary/aromatic N) is 2. The molecule has 0 aliphatic carbocycles. The number of hydrogen-bond acceptors (Lipinski definition) is 5. The van der Waals surface area contributed by atoms with Crippen LogP contribution in [0.2, 0.25) is 5.02 Å². The van der Waals surface area contributed by atoms with Crippen LogP contribution in [0.1, 0.15) is 24.5 Å². The zero-order valence-electron chi connectivity index (χ0n) is 19.4. The van der Waals surface area contributed by atoms with Crippen molar-refractivity contribution in [3.05, 3.63) is 64.9 Å². The highest BCUT2D eigenvalue weighted by Crippen LogP contribution is 2.35. The number of alkyl halides is 5. The highest BCUT2D eigenvalue weighted by atomic mass is 35.5. The smallest absolute Gasteiger partial charge is 0.417 e. The van der Waals surface area contributed by atoms with Gasteiger partial charge in [-0.1, -0.05) is 30.7 Å². The van der Waals surface area contributed by atoms with Crippen LogP contribution in [0, 0.1) is 11.3 Å². The van der Waals surface area contributed by atoms with Gasteiger partial charge in [-0.25, -0.2) is 13.8 Å². The lowest BCUT2D eigenvalue weighted by Crippen LogP contribution is -2.58. The van der Waals surface area contributed by atoms with E-state index >= 15 is 0 Å². The second-order valence-electron chi connectivity index (χ2n) is 8.46. The summed E-state index contributed by atoms with van der Waals surface area (Å²) in [7, 11) is 1.57. The highest BCUT2D eigenvalue weighted by molar-refractivity contribution is 6.54. The zero-order chi connectivity index (χ0) is 26.7. The van der Waals surface area contributed by atoms with E-state index in [0.717, 1.165) is 17.0 Å². The van der Waals surface area contributed by atoms with E-state index in [1.54, 1.807) is 31.3 Å². The maximum Gasteiger partial charge on any atom is 0.417 e. The third-order valence-corrected chi connectivity index (χ3v) is 5.99. The summed E-state index contributed by atoms with van der Waals surface area (Å²) in [6.07, 6.45) is -3.07. The van der Waals surface area contributed by atoms with Gasteiger partial charge < -0.3 is 15.0 Å². The number of aromatic nitrogens is 1. The molecule has 1 fully saturated rings. The number of hydrogen-bond donors (Lipinski definition) is 2. The van der Waals surface area contributed by atoms with E-state index < -0.39 is 54.2 Å². The first-order valence-corrected chi connectivity index (χ1v) is 11.3. The van der Waals surface area contributed by atoms with Gasteiger partial charge in [-0.3, -0.25) is 10.2 Å². The number of nitrogens with one attached hydrogen (secondary N) is 2. The van der Waals surface area contributed by atoms with E-state index in [1.807, 2.05) is 0 Å². The summed E-state index contributed by atoms with van der Waals surface area (Å²) in [6.45, 7) is 0.301. The summed E-state index contributed by atoms with van der Waals surface area (Å²) in [5, 5.41) is 11.7. The number of benzene rings is 1. The molecule has 12 heteroatoms. The Hall–Kier alpha value is -3.21. The number of amides is 1. The molecule has 0 saturated carbocycles. The predicted molar refractivity (Wildman–Crippen MR) is 125 cm³/mol. The van der Waals surface area contributed by atoms with Gasteiger partial charge in [-0.05, 0) is 29.7 Å². The molecule has 3 rings (SSSR count). The summed E-state index contributed by atoms with van der Waals surface area (Å²) >= 11 is 5.92. The van der Waals surface area contributed by atoms with Gasteiger partial charge in [-0.2, -0.15) is 13.2 Å². The molecule has 2 N–H and O–H groups in total. The summed E-state index contributed by atoms with van der Waals surface area (Å²) < 4.78 is 72.7. The number of pyridine rings is 1. The van der Waals surface area contributed by atoms with Crippen LogP contribution in [0.3, 0.4) is 0 Å². The minimum Gasteiger partial charge on any atom is -0.475 e. The van der Waals surface area contributed by atoms with E-state index in [0.29, 0.717) is 16.8 Å². The van der Waals surface area contributed by atoms with Crippen molar-refractivity contribution in [3.63, 3.8) is 0 Å². The average molecular weight is 531 g/mol. The van der Waals surface area contributed by atoms with Crippen molar-refractivity contribution in [3.8, 4) is 5.88 Å². The lowest BCUT2D eigenvalue weighted by atomic mass is 9.88. The summed E-state index contributed by atoms with van der Waals surface area (Å²) in [5.41, 5.74) is -0.832. The number of piperidine rings is 1. The summed E-state index contributed by atoms with van der Waals surface area (Å²) in [6, 6.07) is 7.28. The molecule has 1 aliphatic heterocycles. The van der Waals surface area contributed by atoms with Crippen molar-refractivity contribution < 1.29 is 31.5 Å². The number of ether oxygens (including phenoxy) is 1. The van der Waals surface area contributed by atoms with E-state index in [4.69, 9.17) is 21.7 Å². The van der Waals surface area contributed by atoms with Crippen LogP contribution in [-0.4, -0.2) is 53.7 Å². The molecule has 1 aromatic carbocycles. The Labute approximate surface area is 209 Å². The van der Waals surface area contributed by atoms with Crippen LogP contribution in [0.4, 0.5) is 22.0 Å². The molecule has 194 valence electrons. The van der Waals surface area contributed by atoms with Gasteiger partial charge in [0.15, 0.2) is 0 Å². The molecule has 1 aliphatic rings. The molecule has 1 aromatic heterocycles. The molecular formula is C24H24ClF5N4O2. The Morgan fingerprint density at radius 1 is 1.28 bits per heavy atom. The Morgan fingerprint density at radius 2 is 1.94 bits per heavy atom. The van der Waals surface area contributed by atoms with Crippen molar-refractivity contribution in [2.24, 2.45) is 5.92 Å². The lowest BCUT2D eigenvalue weighted by Gasteiger charge is -2.43. The maximum atomic E-state index is 14.5. The predicted octanol–water partition coefficient (Wildman–Crippen LogP) is 5.29. The third-order valence-electron chi connectivity index (χ3n) is 5.73. The minimum absolute atomic E-state index is 0.146. The Morgan fingerprint density at radius 3 is 2.50 bits per heavy atom. The van der Waals surface area contributed by atoms with Crippen molar-refractivity contribution in [2.45, 2.75) is 31.5 Å². The fourth-order valence-electron chi connectivity index (χ4n) is 3.96. The van der Waals surface area contributed by atoms with Gasteiger partial charge >= 0.3 is 6.18 Å². The zero-order valence-corrected chi connectivity index (χ0v) is 20.1. The molecule has 1 saturated heterocycles. The maximum absolute atomic E-state index is 14.5. The Bertz CT molecular complexity index is 1120. The molecule has 0 spiro atoms. The number of rotatable bonds is 7. The second-order valence-corrected chi connectivity index (χ2v) is 8.90. The fourth-order valence-corrected chi connectivity index (χ4v) is 4.08. The van der Waals surface area contributed by atoms with Crippen molar-refractivity contribution >= 4 is 28.8 Å². The lowest BCUT2D eigenvalue weighted by molar-refractivity contribution is -0.148. The van der Waals surface area contributed by atoms with Gasteiger partial charge in [0, 0.05) is 42.5 Å². The standard InChI is InChI=1S/C24H24ClF5N4O2/c1-14-9-23(26,27)13-34(19(14)12-36-20-8-5-16(10-33-20)24(28,29)30)22(35)21(31)18(11-32-2)15-3-6-17(25)7-4-15/h3-8,10-11,14,19,31-32H,9,12-13H2,1-2H3/b18-11-,31-21?. The third kappa shape index (κ3) is 6.51. The molecular weight excluding hydrogens is 507 g/mol. The normalized spacial score (nSPS) is 20.1. The SMILES string of the molecule is CN/C=C(\C(=N)C(=O)N1CC(F)(F)CC(C)C1COc1ccc(C(F)(F)F)cn1)c1ccc(Cl)cc1. The molecule has 2 atom stereocenters. The number of likely N-dealkylation sites (tertiary alicyclic amines) is 1. The van der Waals surface area contributed by atoms with E-state index in [9.17, 15) is 26.7 Å². The monoisotopic (exact) mass is 530 g/mol. The summed E-state index contributed by atoms with van der Waals surface area (Å²) in [5.74, 6) is -5.00. The first-order valence-electron chi connectivity index (χ1n) is 10.9. The van der Waals surface area contributed by atoms with Crippen molar-refractivity contribution in [1.29, 1.82) is 5.41 Å². The number of halogens is 6. The largest absolute Gasteiger partial charge is 0.475 e. The first kappa shape index (κ1) is 27.4. The van der Waals surface area contributed by atoms with Crippen LogP contribution in [0.15, 0.2) is 48.8 Å². The molecule has 36 heavy (non-hydrogen) atoms. The van der Waals surface area contributed by atoms with Gasteiger partial charge in [0.2, 0.25) is 5.88 Å². The molecule has 2 aromatic rings. The van der Waals surface area contributed by atoms with Gasteiger partial charge in [-0.15, -0.1) is 0 Å². The second kappa shape index (κ2) is 10.8. The number of carbonyl (C=O) groups is 1. The van der Waals surface area contributed by atoms with Crippen molar-refractivity contribution in [2.75, 3.05) is 20.2 Å². The number of carbonyl (C=O) groups excluding carboxylic acids is 1. The molecule has 0 radical (unpaired) electrons. The van der Waals surface area contributed by atoms with Crippen LogP contribution in [0.25, 0.3) is 5.57 Å². The van der Waals surface area contributed by atoms with E-state index in [1.165, 1.54) is 13.1 Å². The van der Waals surface area contributed by atoms with Crippen LogP contribution >= 0.6 is 11.6 Å². The molecule has 1 amide bonds. The van der Waals surface area contributed by atoms with E-state index in [2.05, 4.69) is 10.3 Å². The van der Waals surface area contributed by atoms with Crippen molar-refractivity contribution in [1.82, 2.24) is 15.2 Å². The molecule has 2 unspecified atom stereocenters. The van der Waals surface area contributed by atoms with Crippen LogP contribution in [-0.2, 0) is 11.0 Å². The quantitative estimate of drug-likeness (QED) is 0.377. The Kier molecular flexibility index (Phi) is 8.22. The highest BCUT2D eigenvalue weighted by Gasteiger charge is 2.47. The average Bonchev–Trinajstić information content (AvgIpc) is 2.80. The summed E-state index contributed by atoms with van der Waals surface area (Å²) in [4.78, 5) is 17.9. The molecule has 6 nitrogen and oxygen atoms in total. The molecule has 0 bridgehead atoms. The minimum atomic E-state index is -4.57. The van der Waals surface area contributed by atoms with Crippen LogP contribution < -0.4 is 10.1 Å².